The zero-order chi connectivity index (χ0) is 25.6. The summed E-state index contributed by atoms with van der Waals surface area (Å²) in [6.07, 6.45) is 4.96. The lowest BCUT2D eigenvalue weighted by Gasteiger charge is -2.20. The highest BCUT2D eigenvalue weighted by molar-refractivity contribution is 5.74. The van der Waals surface area contributed by atoms with E-state index in [2.05, 4.69) is 27.9 Å². The van der Waals surface area contributed by atoms with Gasteiger partial charge in [0.25, 0.3) is 5.56 Å². The van der Waals surface area contributed by atoms with Crippen molar-refractivity contribution < 1.29 is 4.39 Å². The van der Waals surface area contributed by atoms with Gasteiger partial charge in [0.05, 0.1) is 11.4 Å². The number of nitrogen functional groups attached to an aromatic ring is 1. The number of fused-ring (bicyclic) bond motifs is 2. The highest BCUT2D eigenvalue weighted by Crippen LogP contribution is 2.39. The van der Waals surface area contributed by atoms with Crippen LogP contribution in [0.15, 0.2) is 53.1 Å². The number of hydrogen-bond acceptors (Lipinski definition) is 6. The number of nitrogens with zero attached hydrogens (tertiary/aromatic N) is 3. The van der Waals surface area contributed by atoms with E-state index in [-0.39, 0.29) is 23.3 Å². The van der Waals surface area contributed by atoms with Crippen LogP contribution >= 0.6 is 0 Å². The monoisotopic (exact) mass is 489 g/mol. The van der Waals surface area contributed by atoms with Crippen LogP contribution in [0.3, 0.4) is 0 Å². The molecule has 1 aromatic carbocycles. The van der Waals surface area contributed by atoms with Crippen LogP contribution in [0, 0.1) is 18.7 Å². The second-order valence-corrected chi connectivity index (χ2v) is 9.76. The van der Waals surface area contributed by atoms with Crippen molar-refractivity contribution in [3.8, 4) is 11.4 Å². The molecule has 36 heavy (non-hydrogen) atoms. The van der Waals surface area contributed by atoms with Gasteiger partial charge in [-0.3, -0.25) is 4.79 Å². The minimum Gasteiger partial charge on any atom is -0.381 e. The Labute approximate surface area is 209 Å². The largest absolute Gasteiger partial charge is 0.381 e. The predicted molar refractivity (Wildman–Crippen MR) is 141 cm³/mol. The minimum atomic E-state index is -0.355. The van der Waals surface area contributed by atoms with E-state index in [1.165, 1.54) is 17.8 Å². The number of aryl methyl sites for hydroxylation is 1. The maximum atomic E-state index is 13.8. The van der Waals surface area contributed by atoms with Gasteiger partial charge in [-0.05, 0) is 61.2 Å². The molecule has 0 bridgehead atoms. The number of halogens is 1. The van der Waals surface area contributed by atoms with Gasteiger partial charge in [0.1, 0.15) is 17.2 Å². The number of H-pyrrole nitrogens is 1. The molecule has 1 saturated heterocycles. The Morgan fingerprint density at radius 2 is 2.17 bits per heavy atom. The van der Waals surface area contributed by atoms with Gasteiger partial charge in [0.15, 0.2) is 0 Å². The normalized spacial score (nSPS) is 17.6. The predicted octanol–water partition coefficient (Wildman–Crippen LogP) is 2.79. The highest BCUT2D eigenvalue weighted by atomic mass is 19.1. The second kappa shape index (κ2) is 9.31. The van der Waals surface area contributed by atoms with Crippen LogP contribution in [0.5, 0.6) is 0 Å². The molecule has 1 aliphatic heterocycles. The quantitative estimate of drug-likeness (QED) is 0.379. The van der Waals surface area contributed by atoms with Crippen LogP contribution in [-0.2, 0) is 12.8 Å². The van der Waals surface area contributed by atoms with E-state index in [9.17, 15) is 9.18 Å². The van der Waals surface area contributed by atoms with Gasteiger partial charge >= 0.3 is 0 Å². The lowest BCUT2D eigenvalue weighted by Crippen LogP contribution is -2.30. The van der Waals surface area contributed by atoms with Gasteiger partial charge < -0.3 is 26.8 Å². The zero-order valence-corrected chi connectivity index (χ0v) is 20.6. The number of anilines is 1. The lowest BCUT2D eigenvalue weighted by molar-refractivity contribution is 0.405. The first-order chi connectivity index (χ1) is 17.2. The molecular weight excluding hydrogens is 457 g/mol. The Morgan fingerprint density at radius 1 is 1.36 bits per heavy atom. The van der Waals surface area contributed by atoms with Crippen molar-refractivity contribution >= 4 is 11.8 Å². The first-order valence-electron chi connectivity index (χ1n) is 12.2. The maximum Gasteiger partial charge on any atom is 0.281 e. The van der Waals surface area contributed by atoms with E-state index in [0.717, 1.165) is 52.4 Å². The molecule has 0 radical (unpaired) electrons. The molecular formula is C27H32FN7O. The Kier molecular flexibility index (Phi) is 6.17. The summed E-state index contributed by atoms with van der Waals surface area (Å²) in [6.45, 7) is 10.4. The Morgan fingerprint density at radius 3 is 2.94 bits per heavy atom. The number of hydrogen-bond donors (Lipinski definition) is 4. The molecule has 2 aromatic heterocycles. The fraction of sp³-hybridized carbons (Fsp3) is 0.333. The topological polar surface area (TPSA) is 118 Å². The Balaban J connectivity index is 1.45. The van der Waals surface area contributed by atoms with Crippen molar-refractivity contribution in [2.24, 2.45) is 11.7 Å². The fourth-order valence-electron chi connectivity index (χ4n) is 5.24. The Hall–Kier alpha value is -3.85. The van der Waals surface area contributed by atoms with Gasteiger partial charge in [-0.15, -0.1) is 0 Å². The number of nitrogens with two attached hydrogens (primary N) is 2. The molecule has 9 heteroatoms. The standard InChI is InChI=1S/C27H32FN7O/c1-15-4-5-20(28)11-18(15)10-16(2)31-22-6-8-35(30)27(36)25(22)26-32-23-12-19-14-34(9-7-29)17(3)21(19)13-24(23)33-26/h4-6,8,11-12,16,21,31H,3,7,9-10,13-14,29-30H2,1-2H3,(H,32,33)/t16-,21?/m0/s1. The minimum absolute atomic E-state index is 0.0693. The molecule has 0 amide bonds. The van der Waals surface area contributed by atoms with Crippen molar-refractivity contribution in [2.45, 2.75) is 32.7 Å². The molecule has 0 saturated carbocycles. The van der Waals surface area contributed by atoms with Gasteiger partial charge in [-0.2, -0.15) is 0 Å². The summed E-state index contributed by atoms with van der Waals surface area (Å²) in [7, 11) is 0. The van der Waals surface area contributed by atoms with Crippen molar-refractivity contribution in [3.63, 3.8) is 0 Å². The summed E-state index contributed by atoms with van der Waals surface area (Å²) < 4.78 is 14.8. The molecule has 1 aliphatic carbocycles. The number of aromatic nitrogens is 3. The molecule has 3 aromatic rings. The third-order valence-electron chi connectivity index (χ3n) is 7.17. The molecule has 2 atom stereocenters. The lowest BCUT2D eigenvalue weighted by atomic mass is 9.89. The second-order valence-electron chi connectivity index (χ2n) is 9.76. The number of benzene rings is 1. The molecule has 6 N–H and O–H groups in total. The number of nitrogens with one attached hydrogen (secondary N) is 2. The van der Waals surface area contributed by atoms with Crippen molar-refractivity contribution in [1.29, 1.82) is 0 Å². The summed E-state index contributed by atoms with van der Waals surface area (Å²) in [5.74, 6) is 6.36. The van der Waals surface area contributed by atoms with Gasteiger partial charge in [-0.25, -0.2) is 14.1 Å². The molecule has 0 spiro atoms. The van der Waals surface area contributed by atoms with Gasteiger partial charge in [0.2, 0.25) is 0 Å². The molecule has 188 valence electrons. The van der Waals surface area contributed by atoms with Crippen molar-refractivity contribution in [1.82, 2.24) is 19.5 Å². The third-order valence-corrected chi connectivity index (χ3v) is 7.17. The molecule has 8 nitrogen and oxygen atoms in total. The zero-order valence-electron chi connectivity index (χ0n) is 20.6. The molecule has 3 heterocycles. The van der Waals surface area contributed by atoms with Crippen molar-refractivity contribution in [2.75, 3.05) is 30.8 Å². The molecule has 1 fully saturated rings. The summed E-state index contributed by atoms with van der Waals surface area (Å²) >= 11 is 0. The van der Waals surface area contributed by atoms with E-state index in [1.54, 1.807) is 18.2 Å². The number of likely N-dealkylation sites (tertiary alicyclic amines) is 1. The number of imidazole rings is 1. The summed E-state index contributed by atoms with van der Waals surface area (Å²) in [6, 6.07) is 6.50. The third kappa shape index (κ3) is 4.30. The fourth-order valence-corrected chi connectivity index (χ4v) is 5.24. The van der Waals surface area contributed by atoms with E-state index < -0.39 is 0 Å². The van der Waals surface area contributed by atoms with Crippen LogP contribution < -0.4 is 22.5 Å². The number of rotatable bonds is 7. The summed E-state index contributed by atoms with van der Waals surface area (Å²) in [5, 5.41) is 3.42. The first-order valence-corrected chi connectivity index (χ1v) is 12.2. The van der Waals surface area contributed by atoms with E-state index in [4.69, 9.17) is 16.6 Å². The smallest absolute Gasteiger partial charge is 0.281 e. The molecule has 2 aliphatic rings. The van der Waals surface area contributed by atoms with Crippen LogP contribution in [0.1, 0.15) is 29.4 Å². The average Bonchev–Trinajstić information content (AvgIpc) is 3.37. The van der Waals surface area contributed by atoms with Gasteiger partial charge in [-0.1, -0.05) is 12.6 Å². The van der Waals surface area contributed by atoms with E-state index in [0.29, 0.717) is 30.0 Å². The van der Waals surface area contributed by atoms with Crippen molar-refractivity contribution in [3.05, 3.63) is 87.0 Å². The first kappa shape index (κ1) is 23.9. The van der Waals surface area contributed by atoms with E-state index >= 15 is 0 Å². The van der Waals surface area contributed by atoms with Crippen LogP contribution in [0.4, 0.5) is 10.1 Å². The summed E-state index contributed by atoms with van der Waals surface area (Å²) in [4.78, 5) is 23.5. The molecule has 1 unspecified atom stereocenters. The van der Waals surface area contributed by atoms with Crippen LogP contribution in [-0.4, -0.2) is 45.2 Å². The number of allylic oxidation sites excluding steroid dienone is 1. The SMILES string of the molecule is C=C1C2Cc3[nH]c(-c4c(N[C@@H](C)Cc5cc(F)ccc5C)ccn(N)c4=O)nc3C=C2CN1CCN. The maximum absolute atomic E-state index is 13.8. The number of aromatic amines is 1. The number of pyridine rings is 1. The van der Waals surface area contributed by atoms with Crippen LogP contribution in [0.2, 0.25) is 0 Å². The van der Waals surface area contributed by atoms with E-state index in [1.807, 2.05) is 13.8 Å². The molecule has 5 rings (SSSR count). The van der Waals surface area contributed by atoms with Gasteiger partial charge in [0, 0.05) is 55.6 Å². The average molecular weight is 490 g/mol. The Bertz CT molecular complexity index is 1420. The highest BCUT2D eigenvalue weighted by Gasteiger charge is 2.35. The summed E-state index contributed by atoms with van der Waals surface area (Å²) in [5.41, 5.74) is 12.5. The van der Waals surface area contributed by atoms with Crippen LogP contribution in [0.25, 0.3) is 17.5 Å².